The van der Waals surface area contributed by atoms with E-state index in [4.69, 9.17) is 9.15 Å². The van der Waals surface area contributed by atoms with Gasteiger partial charge < -0.3 is 13.9 Å². The minimum absolute atomic E-state index is 0.177. The Morgan fingerprint density at radius 1 is 1.10 bits per heavy atom. The number of carbonyl (C=O) groups excluding carboxylic acids is 2. The molecule has 1 amide bonds. The molecule has 4 aromatic rings. The maximum Gasteiger partial charge on any atom is 0.343 e. The molecule has 0 bridgehead atoms. The minimum atomic E-state index is -0.473. The van der Waals surface area contributed by atoms with Crippen LogP contribution in [-0.2, 0) is 9.53 Å². The van der Waals surface area contributed by atoms with Gasteiger partial charge in [0.2, 0.25) is 0 Å². The standard InChI is InChI=1S/C23H17BrN2O5/c1-29-22(27)13-30-20-8-6-14(10-18(20)24)12-25-26-23(28)21-11-17-16-5-3-2-4-15(16)7-9-19(17)31-21/h2-12H,13H2,1H3,(H,26,28)/b25-12+. The van der Waals surface area contributed by atoms with E-state index in [1.165, 1.54) is 13.3 Å². The number of halogens is 1. The predicted molar refractivity (Wildman–Crippen MR) is 120 cm³/mol. The highest BCUT2D eigenvalue weighted by Gasteiger charge is 2.13. The molecule has 31 heavy (non-hydrogen) atoms. The number of rotatable bonds is 6. The van der Waals surface area contributed by atoms with E-state index in [1.807, 2.05) is 36.4 Å². The molecule has 156 valence electrons. The highest BCUT2D eigenvalue weighted by atomic mass is 79.9. The number of furan rings is 1. The number of fused-ring (bicyclic) bond motifs is 3. The summed E-state index contributed by atoms with van der Waals surface area (Å²) >= 11 is 3.37. The van der Waals surface area contributed by atoms with Gasteiger partial charge in [-0.25, -0.2) is 10.2 Å². The summed E-state index contributed by atoms with van der Waals surface area (Å²) < 4.78 is 16.2. The second-order valence-electron chi connectivity index (χ2n) is 6.56. The van der Waals surface area contributed by atoms with Crippen molar-refractivity contribution in [1.29, 1.82) is 0 Å². The van der Waals surface area contributed by atoms with Crippen LogP contribution < -0.4 is 10.2 Å². The number of hydrogen-bond donors (Lipinski definition) is 1. The molecule has 0 aliphatic rings. The topological polar surface area (TPSA) is 90.1 Å². The van der Waals surface area contributed by atoms with Crippen LogP contribution >= 0.6 is 15.9 Å². The number of hydrazone groups is 1. The lowest BCUT2D eigenvalue weighted by Gasteiger charge is -2.07. The zero-order valence-corrected chi connectivity index (χ0v) is 18.0. The van der Waals surface area contributed by atoms with Crippen molar-refractivity contribution >= 4 is 55.8 Å². The number of ether oxygens (including phenoxy) is 2. The second kappa shape index (κ2) is 9.01. The summed E-state index contributed by atoms with van der Waals surface area (Å²) in [5, 5.41) is 6.96. The Morgan fingerprint density at radius 3 is 2.74 bits per heavy atom. The molecule has 0 spiro atoms. The fourth-order valence-electron chi connectivity index (χ4n) is 3.03. The first kappa shape index (κ1) is 20.6. The van der Waals surface area contributed by atoms with E-state index in [1.54, 1.807) is 24.3 Å². The van der Waals surface area contributed by atoms with Crippen molar-refractivity contribution in [2.75, 3.05) is 13.7 Å². The van der Waals surface area contributed by atoms with Crippen LogP contribution in [0.25, 0.3) is 21.7 Å². The van der Waals surface area contributed by atoms with Crippen LogP contribution in [0.4, 0.5) is 0 Å². The fourth-order valence-corrected chi connectivity index (χ4v) is 3.55. The van der Waals surface area contributed by atoms with Crippen LogP contribution in [0.3, 0.4) is 0 Å². The monoisotopic (exact) mass is 480 g/mol. The summed E-state index contributed by atoms with van der Waals surface area (Å²) in [6, 6.07) is 18.6. The van der Waals surface area contributed by atoms with Crippen molar-refractivity contribution < 1.29 is 23.5 Å². The van der Waals surface area contributed by atoms with Crippen molar-refractivity contribution in [3.8, 4) is 5.75 Å². The van der Waals surface area contributed by atoms with E-state index in [-0.39, 0.29) is 12.4 Å². The molecule has 0 saturated heterocycles. The maximum atomic E-state index is 12.4. The van der Waals surface area contributed by atoms with E-state index < -0.39 is 11.9 Å². The molecule has 0 atom stereocenters. The number of methoxy groups -OCH3 is 1. The Balaban J connectivity index is 1.44. The lowest BCUT2D eigenvalue weighted by atomic mass is 10.1. The summed E-state index contributed by atoms with van der Waals surface area (Å²) in [5.41, 5.74) is 3.82. The number of amides is 1. The third kappa shape index (κ3) is 4.59. The van der Waals surface area contributed by atoms with Crippen LogP contribution in [-0.4, -0.2) is 31.8 Å². The van der Waals surface area contributed by atoms with E-state index in [0.29, 0.717) is 21.4 Å². The first-order valence-corrected chi connectivity index (χ1v) is 10.1. The summed E-state index contributed by atoms with van der Waals surface area (Å²) in [7, 11) is 1.29. The molecule has 4 rings (SSSR count). The van der Waals surface area contributed by atoms with Crippen LogP contribution in [0.1, 0.15) is 16.1 Å². The molecule has 7 nitrogen and oxygen atoms in total. The molecule has 1 aromatic heterocycles. The summed E-state index contributed by atoms with van der Waals surface area (Å²) in [5.74, 6) is -0.259. The van der Waals surface area contributed by atoms with E-state index >= 15 is 0 Å². The van der Waals surface area contributed by atoms with Crippen molar-refractivity contribution in [1.82, 2.24) is 5.43 Å². The SMILES string of the molecule is COC(=O)COc1ccc(/C=N/NC(=O)c2cc3c(ccc4ccccc43)o2)cc1Br. The molecule has 8 heteroatoms. The van der Waals surface area contributed by atoms with Gasteiger partial charge in [0.05, 0.1) is 17.8 Å². The molecule has 1 heterocycles. The van der Waals surface area contributed by atoms with Gasteiger partial charge in [0.25, 0.3) is 0 Å². The fraction of sp³-hybridized carbons (Fsp3) is 0.0870. The van der Waals surface area contributed by atoms with Gasteiger partial charge in [-0.2, -0.15) is 5.10 Å². The third-order valence-electron chi connectivity index (χ3n) is 4.56. The molecule has 0 fully saturated rings. The van der Waals surface area contributed by atoms with E-state index in [0.717, 1.165) is 16.2 Å². The quantitative estimate of drug-likeness (QED) is 0.246. The van der Waals surface area contributed by atoms with E-state index in [9.17, 15) is 9.59 Å². The number of esters is 1. The summed E-state index contributed by atoms with van der Waals surface area (Å²) in [6.45, 7) is -0.189. The zero-order valence-electron chi connectivity index (χ0n) is 16.4. The lowest BCUT2D eigenvalue weighted by Crippen LogP contribution is -2.16. The van der Waals surface area contributed by atoms with Gasteiger partial charge in [0.1, 0.15) is 11.3 Å². The lowest BCUT2D eigenvalue weighted by molar-refractivity contribution is -0.142. The van der Waals surface area contributed by atoms with Gasteiger partial charge in [-0.15, -0.1) is 0 Å². The minimum Gasteiger partial charge on any atom is -0.481 e. The van der Waals surface area contributed by atoms with Gasteiger partial charge >= 0.3 is 11.9 Å². The molecule has 0 aliphatic heterocycles. The van der Waals surface area contributed by atoms with Crippen molar-refractivity contribution in [2.45, 2.75) is 0 Å². The summed E-state index contributed by atoms with van der Waals surface area (Å²) in [6.07, 6.45) is 1.49. The summed E-state index contributed by atoms with van der Waals surface area (Å²) in [4.78, 5) is 23.6. The Morgan fingerprint density at radius 2 is 1.94 bits per heavy atom. The van der Waals surface area contributed by atoms with Gasteiger partial charge in [0, 0.05) is 5.39 Å². The van der Waals surface area contributed by atoms with Gasteiger partial charge in [-0.05, 0) is 62.6 Å². The van der Waals surface area contributed by atoms with Crippen LogP contribution in [0.15, 0.2) is 74.7 Å². The molecular weight excluding hydrogens is 464 g/mol. The number of nitrogens with zero attached hydrogens (tertiary/aromatic N) is 1. The zero-order chi connectivity index (χ0) is 21.8. The average molecular weight is 481 g/mol. The number of carbonyl (C=O) groups is 2. The normalized spacial score (nSPS) is 11.2. The Hall–Kier alpha value is -3.65. The molecule has 0 saturated carbocycles. The van der Waals surface area contributed by atoms with Gasteiger partial charge in [0.15, 0.2) is 12.4 Å². The van der Waals surface area contributed by atoms with Crippen LogP contribution in [0.5, 0.6) is 5.75 Å². The molecular formula is C23H17BrN2O5. The number of benzene rings is 3. The van der Waals surface area contributed by atoms with Crippen molar-refractivity contribution in [3.05, 3.63) is 76.5 Å². The van der Waals surface area contributed by atoms with E-state index in [2.05, 4.69) is 31.2 Å². The van der Waals surface area contributed by atoms with Gasteiger partial charge in [-0.3, -0.25) is 4.79 Å². The van der Waals surface area contributed by atoms with Crippen molar-refractivity contribution in [2.24, 2.45) is 5.10 Å². The first-order valence-electron chi connectivity index (χ1n) is 9.29. The predicted octanol–water partition coefficient (Wildman–Crippen LogP) is 4.66. The molecule has 3 aromatic carbocycles. The highest BCUT2D eigenvalue weighted by molar-refractivity contribution is 9.10. The Kier molecular flexibility index (Phi) is 5.99. The number of nitrogens with one attached hydrogen (secondary N) is 1. The maximum absolute atomic E-state index is 12.4. The Bertz CT molecular complexity index is 1310. The third-order valence-corrected chi connectivity index (χ3v) is 5.18. The number of hydrogen-bond acceptors (Lipinski definition) is 6. The first-order chi connectivity index (χ1) is 15.0. The van der Waals surface area contributed by atoms with Crippen molar-refractivity contribution in [3.63, 3.8) is 0 Å². The smallest absolute Gasteiger partial charge is 0.343 e. The average Bonchev–Trinajstić information content (AvgIpc) is 3.23. The second-order valence-corrected chi connectivity index (χ2v) is 7.42. The largest absolute Gasteiger partial charge is 0.481 e. The van der Waals surface area contributed by atoms with Crippen LogP contribution in [0.2, 0.25) is 0 Å². The Labute approximate surface area is 185 Å². The molecule has 0 unspecified atom stereocenters. The highest BCUT2D eigenvalue weighted by Crippen LogP contribution is 2.28. The molecule has 0 aliphatic carbocycles. The molecule has 0 radical (unpaired) electrons. The van der Waals surface area contributed by atoms with Gasteiger partial charge in [-0.1, -0.05) is 30.3 Å². The molecule has 1 N–H and O–H groups in total. The van der Waals surface area contributed by atoms with Crippen LogP contribution in [0, 0.1) is 0 Å².